The Kier molecular flexibility index (Phi) is 5.20. The number of likely N-dealkylation sites (tertiary alicyclic amines) is 1. The molecule has 3 fully saturated rings. The van der Waals surface area contributed by atoms with E-state index in [2.05, 4.69) is 20.9 Å². The van der Waals surface area contributed by atoms with Crippen LogP contribution in [0.2, 0.25) is 0 Å². The summed E-state index contributed by atoms with van der Waals surface area (Å²) in [7, 11) is -3.16. The number of carbonyl (C=O) groups excluding carboxylic acids is 1. The lowest BCUT2D eigenvalue weighted by molar-refractivity contribution is -0.130. The van der Waals surface area contributed by atoms with Crippen LogP contribution in [-0.4, -0.2) is 74.2 Å². The Labute approximate surface area is 145 Å². The molecule has 0 spiro atoms. The van der Waals surface area contributed by atoms with Gasteiger partial charge in [0.15, 0.2) is 0 Å². The number of carbonyl (C=O) groups is 1. The topological polar surface area (TPSA) is 95.7 Å². The fourth-order valence-corrected chi connectivity index (χ4v) is 5.50. The van der Waals surface area contributed by atoms with Crippen LogP contribution in [0.1, 0.15) is 38.5 Å². The normalized spacial score (nSPS) is 35.2. The third-order valence-electron chi connectivity index (χ3n) is 5.80. The lowest BCUT2D eigenvalue weighted by atomic mass is 9.87. The van der Waals surface area contributed by atoms with Crippen LogP contribution in [0.5, 0.6) is 0 Å². The first-order valence-electron chi connectivity index (χ1n) is 8.88. The predicted octanol–water partition coefficient (Wildman–Crippen LogP) is -0.313. The monoisotopic (exact) mass is 357 g/mol. The fourth-order valence-electron chi connectivity index (χ4n) is 4.70. The molecule has 3 saturated heterocycles. The van der Waals surface area contributed by atoms with E-state index in [1.54, 1.807) is 0 Å². The Morgan fingerprint density at radius 3 is 2.88 bits per heavy atom. The second-order valence-corrected chi connectivity index (χ2v) is 9.32. The minimum atomic E-state index is -3.16. The predicted molar refractivity (Wildman–Crippen MR) is 92.6 cm³/mol. The summed E-state index contributed by atoms with van der Waals surface area (Å²) in [5, 5.41) is 0. The summed E-state index contributed by atoms with van der Waals surface area (Å²) in [6, 6.07) is 0.422. The Bertz CT molecular complexity index is 578. The summed E-state index contributed by atoms with van der Waals surface area (Å²) < 4.78 is 25.6. The van der Waals surface area contributed by atoms with Crippen LogP contribution in [0.3, 0.4) is 0 Å². The minimum Gasteiger partial charge on any atom is -0.368 e. The molecule has 3 atom stereocenters. The second-order valence-electron chi connectivity index (χ2n) is 7.54. The van der Waals surface area contributed by atoms with Crippen molar-refractivity contribution in [2.45, 2.75) is 56.1 Å². The van der Waals surface area contributed by atoms with E-state index in [0.29, 0.717) is 6.04 Å². The summed E-state index contributed by atoms with van der Waals surface area (Å²) in [5.74, 6) is -0.198. The number of primary amides is 1. The smallest absolute Gasteiger partial charge is 0.237 e. The first-order chi connectivity index (χ1) is 11.3. The van der Waals surface area contributed by atoms with Crippen molar-refractivity contribution in [2.75, 3.05) is 32.4 Å². The van der Waals surface area contributed by atoms with Gasteiger partial charge in [-0.05, 0) is 51.5 Å². The molecule has 3 heterocycles. The van der Waals surface area contributed by atoms with Gasteiger partial charge >= 0.3 is 0 Å². The molecular weight excluding hydrogens is 328 g/mol. The molecule has 0 aromatic rings. The number of hydrogen-bond acceptors (Lipinski definition) is 5. The molecule has 8 heteroatoms. The molecule has 0 aromatic carbocycles. The summed E-state index contributed by atoms with van der Waals surface area (Å²) in [6.07, 6.45) is 9.00. The maximum atomic E-state index is 12.1. The van der Waals surface area contributed by atoms with Crippen molar-refractivity contribution < 1.29 is 13.2 Å². The van der Waals surface area contributed by atoms with Gasteiger partial charge in [-0.15, -0.1) is 0 Å². The van der Waals surface area contributed by atoms with E-state index < -0.39 is 15.6 Å². The van der Waals surface area contributed by atoms with Crippen LogP contribution in [-0.2, 0) is 14.8 Å². The van der Waals surface area contributed by atoms with E-state index in [0.717, 1.165) is 64.7 Å². The third-order valence-corrected chi connectivity index (χ3v) is 6.57. The summed E-state index contributed by atoms with van der Waals surface area (Å²) >= 11 is 0. The zero-order valence-corrected chi connectivity index (χ0v) is 15.2. The van der Waals surface area contributed by atoms with Gasteiger partial charge in [-0.3, -0.25) is 9.69 Å². The molecular formula is C16H29N4O3S. The highest BCUT2D eigenvalue weighted by atomic mass is 32.2. The Balaban J connectivity index is 1.58. The molecule has 7 nitrogen and oxygen atoms in total. The molecule has 2 bridgehead atoms. The van der Waals surface area contributed by atoms with E-state index >= 15 is 0 Å². The lowest BCUT2D eigenvalue weighted by Crippen LogP contribution is -2.60. The van der Waals surface area contributed by atoms with Crippen LogP contribution in [0.15, 0.2) is 0 Å². The van der Waals surface area contributed by atoms with Gasteiger partial charge in [0.2, 0.25) is 15.9 Å². The summed E-state index contributed by atoms with van der Waals surface area (Å²) in [4.78, 5) is 16.7. The maximum Gasteiger partial charge on any atom is 0.237 e. The molecule has 3 aliphatic rings. The van der Waals surface area contributed by atoms with E-state index in [-0.39, 0.29) is 11.9 Å². The number of amides is 1. The van der Waals surface area contributed by atoms with Crippen molar-refractivity contribution in [3.63, 3.8) is 0 Å². The number of nitrogens with two attached hydrogens (primary N) is 1. The number of piperidine rings is 2. The highest BCUT2D eigenvalue weighted by molar-refractivity contribution is 7.88. The van der Waals surface area contributed by atoms with E-state index in [9.17, 15) is 13.2 Å². The average Bonchev–Trinajstić information content (AvgIpc) is 2.69. The molecule has 0 saturated carbocycles. The second kappa shape index (κ2) is 6.90. The van der Waals surface area contributed by atoms with E-state index in [1.807, 2.05) is 0 Å². The van der Waals surface area contributed by atoms with Crippen LogP contribution in [0, 0.1) is 6.42 Å². The molecule has 1 radical (unpaired) electrons. The van der Waals surface area contributed by atoms with Gasteiger partial charge in [0.05, 0.1) is 6.26 Å². The van der Waals surface area contributed by atoms with Crippen LogP contribution in [0.25, 0.3) is 0 Å². The van der Waals surface area contributed by atoms with Gasteiger partial charge in [-0.1, -0.05) is 0 Å². The zero-order chi connectivity index (χ0) is 17.4. The van der Waals surface area contributed by atoms with E-state index in [1.165, 1.54) is 6.26 Å². The van der Waals surface area contributed by atoms with Gasteiger partial charge in [0.1, 0.15) is 5.54 Å². The van der Waals surface area contributed by atoms with Crippen molar-refractivity contribution in [2.24, 2.45) is 5.73 Å². The molecule has 3 aliphatic heterocycles. The van der Waals surface area contributed by atoms with Crippen molar-refractivity contribution >= 4 is 15.9 Å². The molecule has 3 N–H and O–H groups in total. The largest absolute Gasteiger partial charge is 0.368 e. The fraction of sp³-hybridized carbons (Fsp3) is 0.875. The van der Waals surface area contributed by atoms with Crippen molar-refractivity contribution in [3.05, 3.63) is 6.42 Å². The maximum absolute atomic E-state index is 12.1. The Morgan fingerprint density at radius 2 is 2.17 bits per heavy atom. The lowest BCUT2D eigenvalue weighted by Gasteiger charge is -2.44. The highest BCUT2D eigenvalue weighted by Gasteiger charge is 2.52. The van der Waals surface area contributed by atoms with Gasteiger partial charge < -0.3 is 10.6 Å². The van der Waals surface area contributed by atoms with Gasteiger partial charge in [0, 0.05) is 31.7 Å². The van der Waals surface area contributed by atoms with Gasteiger partial charge in [-0.25, -0.2) is 13.1 Å². The third kappa shape index (κ3) is 3.76. The number of sulfonamides is 1. The van der Waals surface area contributed by atoms with E-state index in [4.69, 9.17) is 5.73 Å². The average molecular weight is 358 g/mol. The first-order valence-corrected chi connectivity index (χ1v) is 10.8. The number of rotatable bonds is 6. The van der Waals surface area contributed by atoms with Crippen LogP contribution >= 0.6 is 0 Å². The van der Waals surface area contributed by atoms with Gasteiger partial charge in [-0.2, -0.15) is 0 Å². The highest BCUT2D eigenvalue weighted by Crippen LogP contribution is 2.43. The Hall–Kier alpha value is -0.700. The molecule has 0 aliphatic carbocycles. The molecule has 0 aromatic heterocycles. The van der Waals surface area contributed by atoms with Crippen molar-refractivity contribution in [1.82, 2.24) is 14.5 Å². The Morgan fingerprint density at radius 1 is 1.38 bits per heavy atom. The quantitative estimate of drug-likeness (QED) is 0.680. The minimum absolute atomic E-state index is 0.00902. The van der Waals surface area contributed by atoms with Crippen LogP contribution < -0.4 is 10.5 Å². The van der Waals surface area contributed by atoms with Gasteiger partial charge in [0.25, 0.3) is 0 Å². The SMILES string of the molecule is CS(=O)(=O)N[C@@H]1CCCN(CCN2[C@@H]3C[CH]C[C@@]2(C(N)=O)CC3)C1. The molecule has 137 valence electrons. The van der Waals surface area contributed by atoms with Crippen molar-refractivity contribution in [3.8, 4) is 0 Å². The molecule has 24 heavy (non-hydrogen) atoms. The zero-order valence-electron chi connectivity index (χ0n) is 14.4. The van der Waals surface area contributed by atoms with Crippen molar-refractivity contribution in [1.29, 1.82) is 0 Å². The summed E-state index contributed by atoms with van der Waals surface area (Å²) in [5.41, 5.74) is 5.26. The van der Waals surface area contributed by atoms with Crippen LogP contribution in [0.4, 0.5) is 0 Å². The number of hydrogen-bond donors (Lipinski definition) is 2. The number of nitrogens with one attached hydrogen (secondary N) is 1. The molecule has 1 amide bonds. The number of nitrogens with zero attached hydrogens (tertiary/aromatic N) is 2. The molecule has 0 unspecified atom stereocenters. The molecule has 3 rings (SSSR count). The summed E-state index contributed by atoms with van der Waals surface area (Å²) in [6.45, 7) is 3.40. The standard InChI is InChI=1S/C16H29N4O3S/c1-24(22,23)18-13-4-3-9-19(12-13)10-11-20-14-5-2-7-16(20,8-6-14)15(17)21/h2,13-14,18H,3-12H2,1H3,(H2,17,21)/t13-,14-,16+/m1/s1. The first kappa shape index (κ1) is 18.1. The number of fused-ring (bicyclic) bond motifs is 2.